The number of amides is 2. The largest absolute Gasteiger partial charge is 0.433 e. The predicted octanol–water partition coefficient (Wildman–Crippen LogP) is 2.79. The van der Waals surface area contributed by atoms with E-state index in [-0.39, 0.29) is 29.1 Å². The van der Waals surface area contributed by atoms with Crippen LogP contribution in [0.2, 0.25) is 5.02 Å². The van der Waals surface area contributed by atoms with Crippen molar-refractivity contribution < 1.29 is 23.4 Å². The van der Waals surface area contributed by atoms with Crippen LogP contribution in [-0.2, 0) is 0 Å². The maximum Gasteiger partial charge on any atom is 0.387 e. The molecule has 1 rings (SSSR count). The van der Waals surface area contributed by atoms with Gasteiger partial charge in [-0.3, -0.25) is 0 Å². The van der Waals surface area contributed by atoms with Crippen molar-refractivity contribution in [3.63, 3.8) is 0 Å². The predicted molar refractivity (Wildman–Crippen MR) is 71.4 cm³/mol. The molecule has 5 nitrogen and oxygen atoms in total. The maximum atomic E-state index is 12.2. The fourth-order valence-corrected chi connectivity index (χ4v) is 1.46. The highest BCUT2D eigenvalue weighted by molar-refractivity contribution is 6.32. The Kier molecular flexibility index (Phi) is 5.97. The Morgan fingerprint density at radius 1 is 1.55 bits per heavy atom. The number of halogens is 3. The molecule has 0 aliphatic heterocycles. The van der Waals surface area contributed by atoms with Gasteiger partial charge in [-0.15, -0.1) is 0 Å². The van der Waals surface area contributed by atoms with Crippen LogP contribution in [0.15, 0.2) is 18.2 Å². The zero-order valence-corrected chi connectivity index (χ0v) is 11.7. The summed E-state index contributed by atoms with van der Waals surface area (Å²) in [6.07, 6.45) is 0. The average Bonchev–Trinajstić information content (AvgIpc) is 2.40. The topological polar surface area (TPSA) is 61.8 Å². The van der Waals surface area contributed by atoms with Gasteiger partial charge in [-0.25, -0.2) is 4.79 Å². The zero-order chi connectivity index (χ0) is 15.3. The number of anilines is 1. The monoisotopic (exact) mass is 308 g/mol. The molecule has 1 aromatic rings. The van der Waals surface area contributed by atoms with E-state index in [0.29, 0.717) is 0 Å². The van der Waals surface area contributed by atoms with E-state index in [9.17, 15) is 13.6 Å². The third-order valence-corrected chi connectivity index (χ3v) is 2.96. The van der Waals surface area contributed by atoms with Gasteiger partial charge >= 0.3 is 12.6 Å². The summed E-state index contributed by atoms with van der Waals surface area (Å²) < 4.78 is 28.6. The second-order valence-corrected chi connectivity index (χ2v) is 4.50. The summed E-state index contributed by atoms with van der Waals surface area (Å²) in [5, 5.41) is 11.5. The zero-order valence-electron chi connectivity index (χ0n) is 10.9. The second kappa shape index (κ2) is 7.25. The van der Waals surface area contributed by atoms with E-state index in [2.05, 4.69) is 10.1 Å². The first-order valence-electron chi connectivity index (χ1n) is 5.74. The van der Waals surface area contributed by atoms with Crippen molar-refractivity contribution in [1.82, 2.24) is 4.90 Å². The van der Waals surface area contributed by atoms with Gasteiger partial charge in [0.1, 0.15) is 5.75 Å². The Morgan fingerprint density at radius 3 is 2.75 bits per heavy atom. The van der Waals surface area contributed by atoms with Gasteiger partial charge in [0.25, 0.3) is 0 Å². The van der Waals surface area contributed by atoms with E-state index >= 15 is 0 Å². The number of ether oxygens (including phenoxy) is 1. The number of carbonyl (C=O) groups excluding carboxylic acids is 1. The number of carbonyl (C=O) groups is 1. The van der Waals surface area contributed by atoms with Crippen LogP contribution in [0.1, 0.15) is 6.92 Å². The van der Waals surface area contributed by atoms with Crippen LogP contribution < -0.4 is 10.1 Å². The van der Waals surface area contributed by atoms with E-state index in [1.165, 1.54) is 30.1 Å². The van der Waals surface area contributed by atoms with Crippen LogP contribution >= 0.6 is 11.6 Å². The van der Waals surface area contributed by atoms with E-state index in [1.54, 1.807) is 6.92 Å². The number of nitrogens with zero attached hydrogens (tertiary/aromatic N) is 1. The van der Waals surface area contributed by atoms with Crippen molar-refractivity contribution in [2.45, 2.75) is 19.6 Å². The maximum absolute atomic E-state index is 12.2. The second-order valence-electron chi connectivity index (χ2n) is 4.10. The summed E-state index contributed by atoms with van der Waals surface area (Å²) in [7, 11) is 1.50. The summed E-state index contributed by atoms with van der Waals surface area (Å²) in [5.74, 6) is -0.225. The normalized spacial score (nSPS) is 12.2. The van der Waals surface area contributed by atoms with Crippen molar-refractivity contribution >= 4 is 23.3 Å². The molecule has 0 aliphatic carbocycles. The first-order chi connectivity index (χ1) is 9.35. The van der Waals surface area contributed by atoms with Gasteiger partial charge < -0.3 is 20.1 Å². The van der Waals surface area contributed by atoms with Crippen LogP contribution in [-0.4, -0.2) is 42.3 Å². The highest BCUT2D eigenvalue weighted by atomic mass is 35.5. The van der Waals surface area contributed by atoms with Crippen molar-refractivity contribution in [2.75, 3.05) is 19.0 Å². The molecule has 0 radical (unpaired) electrons. The Bertz CT molecular complexity index is 474. The molecular formula is C12H15ClF2N2O3. The lowest BCUT2D eigenvalue weighted by Gasteiger charge is -2.23. The summed E-state index contributed by atoms with van der Waals surface area (Å²) in [6.45, 7) is -1.53. The van der Waals surface area contributed by atoms with E-state index in [0.717, 1.165) is 0 Å². The van der Waals surface area contributed by atoms with Crippen LogP contribution in [0.25, 0.3) is 0 Å². The van der Waals surface area contributed by atoms with Crippen molar-refractivity contribution in [3.05, 3.63) is 23.2 Å². The Balaban J connectivity index is 2.80. The molecule has 20 heavy (non-hydrogen) atoms. The molecule has 2 amide bonds. The van der Waals surface area contributed by atoms with Gasteiger partial charge in [0, 0.05) is 18.8 Å². The number of urea groups is 1. The summed E-state index contributed by atoms with van der Waals surface area (Å²) in [4.78, 5) is 13.1. The highest BCUT2D eigenvalue weighted by Crippen LogP contribution is 2.29. The average molecular weight is 309 g/mol. The number of hydrogen-bond donors (Lipinski definition) is 2. The lowest BCUT2D eigenvalue weighted by molar-refractivity contribution is -0.0497. The molecule has 112 valence electrons. The minimum absolute atomic E-state index is 0.0142. The van der Waals surface area contributed by atoms with E-state index in [4.69, 9.17) is 16.7 Å². The number of likely N-dealkylation sites (N-methyl/N-ethyl adjacent to an activating group) is 1. The van der Waals surface area contributed by atoms with Crippen molar-refractivity contribution in [3.8, 4) is 5.75 Å². The van der Waals surface area contributed by atoms with Crippen molar-refractivity contribution in [1.29, 1.82) is 0 Å². The van der Waals surface area contributed by atoms with Gasteiger partial charge in [0.05, 0.1) is 17.7 Å². The molecule has 1 atom stereocenters. The number of nitrogens with one attached hydrogen (secondary N) is 1. The van der Waals surface area contributed by atoms with Gasteiger partial charge in [-0.05, 0) is 19.1 Å². The molecule has 1 unspecified atom stereocenters. The third-order valence-electron chi connectivity index (χ3n) is 2.64. The molecule has 0 heterocycles. The molecule has 0 aliphatic rings. The molecular weight excluding hydrogens is 294 g/mol. The molecule has 8 heteroatoms. The SMILES string of the molecule is CC(CO)N(C)C(=O)Nc1ccc(Cl)c(OC(F)F)c1. The molecule has 0 saturated carbocycles. The molecule has 0 aromatic heterocycles. The van der Waals surface area contributed by atoms with Crippen LogP contribution in [0.4, 0.5) is 19.3 Å². The van der Waals surface area contributed by atoms with Gasteiger partial charge in [-0.1, -0.05) is 11.6 Å². The van der Waals surface area contributed by atoms with E-state index < -0.39 is 12.6 Å². The molecule has 0 spiro atoms. The highest BCUT2D eigenvalue weighted by Gasteiger charge is 2.16. The minimum atomic E-state index is -3.00. The third kappa shape index (κ3) is 4.50. The summed E-state index contributed by atoms with van der Waals surface area (Å²) in [6, 6.07) is 3.13. The quantitative estimate of drug-likeness (QED) is 0.879. The van der Waals surface area contributed by atoms with Gasteiger partial charge in [-0.2, -0.15) is 8.78 Å². The molecule has 0 bridgehead atoms. The Hall–Kier alpha value is -1.60. The van der Waals surface area contributed by atoms with Crippen LogP contribution in [0.5, 0.6) is 5.75 Å². The number of hydrogen-bond acceptors (Lipinski definition) is 3. The van der Waals surface area contributed by atoms with Crippen LogP contribution in [0.3, 0.4) is 0 Å². The number of alkyl halides is 2. The number of rotatable bonds is 5. The fourth-order valence-electron chi connectivity index (χ4n) is 1.30. The first kappa shape index (κ1) is 16.5. The smallest absolute Gasteiger partial charge is 0.387 e. The number of aliphatic hydroxyl groups is 1. The molecule has 0 saturated heterocycles. The fraction of sp³-hybridized carbons (Fsp3) is 0.417. The molecule has 2 N–H and O–H groups in total. The van der Waals surface area contributed by atoms with Gasteiger partial charge in [0.2, 0.25) is 0 Å². The van der Waals surface area contributed by atoms with Gasteiger partial charge in [0.15, 0.2) is 0 Å². The standard InChI is InChI=1S/C12H15ClF2N2O3/c1-7(6-18)17(2)12(19)16-8-3-4-9(13)10(5-8)20-11(14)15/h3-5,7,11,18H,6H2,1-2H3,(H,16,19). The molecule has 0 fully saturated rings. The number of aliphatic hydroxyl groups excluding tert-OH is 1. The Labute approximate surface area is 120 Å². The lowest BCUT2D eigenvalue weighted by Crippen LogP contribution is -2.40. The van der Waals surface area contributed by atoms with E-state index in [1.807, 2.05) is 0 Å². The van der Waals surface area contributed by atoms with Crippen molar-refractivity contribution in [2.24, 2.45) is 0 Å². The first-order valence-corrected chi connectivity index (χ1v) is 6.12. The molecule has 1 aromatic carbocycles. The Morgan fingerprint density at radius 2 is 2.20 bits per heavy atom. The van der Waals surface area contributed by atoms with Crippen LogP contribution in [0, 0.1) is 0 Å². The summed E-state index contributed by atoms with van der Waals surface area (Å²) in [5.41, 5.74) is 0.257. The summed E-state index contributed by atoms with van der Waals surface area (Å²) >= 11 is 5.70. The lowest BCUT2D eigenvalue weighted by atomic mass is 10.3. The minimum Gasteiger partial charge on any atom is -0.433 e. The number of benzene rings is 1.